The summed E-state index contributed by atoms with van der Waals surface area (Å²) in [4.78, 5) is 17.3. The van der Waals surface area contributed by atoms with E-state index in [1.54, 1.807) is 0 Å². The number of nitrogens with two attached hydrogens (primary N) is 1. The second-order valence-corrected chi connectivity index (χ2v) is 4.36. The van der Waals surface area contributed by atoms with Gasteiger partial charge in [-0.3, -0.25) is 9.78 Å². The van der Waals surface area contributed by atoms with Crippen LogP contribution in [0.25, 0.3) is 0 Å². The van der Waals surface area contributed by atoms with Crippen molar-refractivity contribution < 1.29 is 22.7 Å². The predicted octanol–water partition coefficient (Wildman–Crippen LogP) is 1.54. The SMILES string of the molecule is COCCN(CCCN)C(=O)c1ccc(C(F)(F)F)cn1. The molecule has 0 radical (unpaired) electrons. The van der Waals surface area contributed by atoms with E-state index in [-0.39, 0.29) is 5.69 Å². The molecule has 0 unspecified atom stereocenters. The average molecular weight is 305 g/mol. The molecule has 0 aromatic carbocycles. The van der Waals surface area contributed by atoms with Gasteiger partial charge in [0.2, 0.25) is 0 Å². The molecule has 0 aliphatic heterocycles. The zero-order valence-electron chi connectivity index (χ0n) is 11.7. The van der Waals surface area contributed by atoms with Crippen molar-refractivity contribution in [3.63, 3.8) is 0 Å². The molecular formula is C13H18F3N3O2. The molecule has 0 bridgehead atoms. The summed E-state index contributed by atoms with van der Waals surface area (Å²) in [6, 6.07) is 1.92. The first-order valence-electron chi connectivity index (χ1n) is 6.41. The van der Waals surface area contributed by atoms with Crippen molar-refractivity contribution in [2.45, 2.75) is 12.6 Å². The van der Waals surface area contributed by atoms with Crippen LogP contribution in [0.5, 0.6) is 0 Å². The van der Waals surface area contributed by atoms with Gasteiger partial charge in [-0.1, -0.05) is 0 Å². The molecule has 1 aromatic rings. The molecule has 2 N–H and O–H groups in total. The van der Waals surface area contributed by atoms with E-state index < -0.39 is 17.6 Å². The fraction of sp³-hybridized carbons (Fsp3) is 0.538. The summed E-state index contributed by atoms with van der Waals surface area (Å²) in [5.41, 5.74) is 4.49. The number of aromatic nitrogens is 1. The largest absolute Gasteiger partial charge is 0.417 e. The highest BCUT2D eigenvalue weighted by Crippen LogP contribution is 2.28. The van der Waals surface area contributed by atoms with E-state index >= 15 is 0 Å². The van der Waals surface area contributed by atoms with Gasteiger partial charge in [0, 0.05) is 26.4 Å². The van der Waals surface area contributed by atoms with Crippen LogP contribution < -0.4 is 5.73 Å². The quantitative estimate of drug-likeness (QED) is 0.829. The van der Waals surface area contributed by atoms with Crippen LogP contribution >= 0.6 is 0 Å². The third-order valence-electron chi connectivity index (χ3n) is 2.79. The standard InChI is InChI=1S/C13H18F3N3O2/c1-21-8-7-19(6-2-5-17)12(20)11-4-3-10(9-18-11)13(14,15)16/h3-4,9H,2,5-8,17H2,1H3. The Labute approximate surface area is 120 Å². The van der Waals surface area contributed by atoms with E-state index in [0.29, 0.717) is 38.9 Å². The van der Waals surface area contributed by atoms with Crippen molar-refractivity contribution in [1.29, 1.82) is 0 Å². The van der Waals surface area contributed by atoms with Crippen molar-refractivity contribution >= 4 is 5.91 Å². The van der Waals surface area contributed by atoms with Crippen molar-refractivity contribution in [2.24, 2.45) is 5.73 Å². The molecule has 0 saturated heterocycles. The molecular weight excluding hydrogens is 287 g/mol. The first-order chi connectivity index (χ1) is 9.90. The van der Waals surface area contributed by atoms with Gasteiger partial charge in [-0.15, -0.1) is 0 Å². The number of amides is 1. The minimum Gasteiger partial charge on any atom is -0.383 e. The summed E-state index contributed by atoms with van der Waals surface area (Å²) >= 11 is 0. The predicted molar refractivity (Wildman–Crippen MR) is 70.7 cm³/mol. The molecule has 0 fully saturated rings. The molecule has 118 valence electrons. The monoisotopic (exact) mass is 305 g/mol. The molecule has 1 amide bonds. The van der Waals surface area contributed by atoms with Crippen LogP contribution in [0.4, 0.5) is 13.2 Å². The lowest BCUT2D eigenvalue weighted by atomic mass is 10.2. The Morgan fingerprint density at radius 3 is 2.57 bits per heavy atom. The summed E-state index contributed by atoms with van der Waals surface area (Å²) in [7, 11) is 1.50. The summed E-state index contributed by atoms with van der Waals surface area (Å²) in [6.07, 6.45) is -3.22. The number of pyridine rings is 1. The Morgan fingerprint density at radius 1 is 1.38 bits per heavy atom. The molecule has 0 saturated carbocycles. The Kier molecular flexibility index (Phi) is 6.57. The third kappa shape index (κ3) is 5.31. The maximum Gasteiger partial charge on any atom is 0.417 e. The van der Waals surface area contributed by atoms with Gasteiger partial charge in [0.25, 0.3) is 5.91 Å². The number of carbonyl (C=O) groups excluding carboxylic acids is 1. The van der Waals surface area contributed by atoms with Gasteiger partial charge in [0.1, 0.15) is 5.69 Å². The average Bonchev–Trinajstić information content (AvgIpc) is 2.46. The van der Waals surface area contributed by atoms with E-state index in [9.17, 15) is 18.0 Å². The Bertz CT molecular complexity index is 441. The number of nitrogens with zero attached hydrogens (tertiary/aromatic N) is 2. The van der Waals surface area contributed by atoms with Crippen LogP contribution in [-0.2, 0) is 10.9 Å². The van der Waals surface area contributed by atoms with Crippen LogP contribution in [0, 0.1) is 0 Å². The first kappa shape index (κ1) is 17.4. The number of halogens is 3. The van der Waals surface area contributed by atoms with Crippen LogP contribution in [0.2, 0.25) is 0 Å². The first-order valence-corrected chi connectivity index (χ1v) is 6.41. The maximum atomic E-state index is 12.4. The molecule has 1 rings (SSSR count). The summed E-state index contributed by atoms with van der Waals surface area (Å²) < 4.78 is 42.2. The third-order valence-corrected chi connectivity index (χ3v) is 2.79. The van der Waals surface area contributed by atoms with Gasteiger partial charge in [0.15, 0.2) is 0 Å². The minimum absolute atomic E-state index is 0.0314. The van der Waals surface area contributed by atoms with E-state index in [0.717, 1.165) is 12.1 Å². The van der Waals surface area contributed by atoms with Gasteiger partial charge >= 0.3 is 6.18 Å². The highest BCUT2D eigenvalue weighted by atomic mass is 19.4. The number of ether oxygens (including phenoxy) is 1. The highest BCUT2D eigenvalue weighted by Gasteiger charge is 2.31. The van der Waals surface area contributed by atoms with Gasteiger partial charge < -0.3 is 15.4 Å². The lowest BCUT2D eigenvalue weighted by molar-refractivity contribution is -0.137. The molecule has 8 heteroatoms. The molecule has 0 aliphatic carbocycles. The number of hydrogen-bond donors (Lipinski definition) is 1. The maximum absolute atomic E-state index is 12.4. The fourth-order valence-corrected chi connectivity index (χ4v) is 1.65. The molecule has 1 aromatic heterocycles. The Balaban J connectivity index is 2.82. The van der Waals surface area contributed by atoms with Crippen LogP contribution in [0.3, 0.4) is 0 Å². The molecule has 0 spiro atoms. The van der Waals surface area contributed by atoms with E-state index in [1.165, 1.54) is 12.0 Å². The van der Waals surface area contributed by atoms with E-state index in [1.807, 2.05) is 0 Å². The van der Waals surface area contributed by atoms with Crippen LogP contribution in [0.1, 0.15) is 22.5 Å². The Hall–Kier alpha value is -1.67. The number of methoxy groups -OCH3 is 1. The molecule has 0 atom stereocenters. The van der Waals surface area contributed by atoms with Gasteiger partial charge in [-0.25, -0.2) is 0 Å². The number of hydrogen-bond acceptors (Lipinski definition) is 4. The Morgan fingerprint density at radius 2 is 2.10 bits per heavy atom. The summed E-state index contributed by atoms with van der Waals surface area (Å²) in [5, 5.41) is 0. The molecule has 5 nitrogen and oxygen atoms in total. The zero-order valence-corrected chi connectivity index (χ0v) is 11.7. The summed E-state index contributed by atoms with van der Waals surface area (Å²) in [5.74, 6) is -0.436. The highest BCUT2D eigenvalue weighted by molar-refractivity contribution is 5.92. The lowest BCUT2D eigenvalue weighted by Gasteiger charge is -2.21. The molecule has 1 heterocycles. The lowest BCUT2D eigenvalue weighted by Crippen LogP contribution is -2.36. The van der Waals surface area contributed by atoms with E-state index in [2.05, 4.69) is 4.98 Å². The molecule has 0 aliphatic rings. The van der Waals surface area contributed by atoms with E-state index in [4.69, 9.17) is 10.5 Å². The van der Waals surface area contributed by atoms with Crippen LogP contribution in [0.15, 0.2) is 18.3 Å². The topological polar surface area (TPSA) is 68.5 Å². The van der Waals surface area contributed by atoms with Crippen molar-refractivity contribution in [1.82, 2.24) is 9.88 Å². The van der Waals surface area contributed by atoms with Gasteiger partial charge in [0.05, 0.1) is 12.2 Å². The zero-order chi connectivity index (χ0) is 15.9. The fourth-order valence-electron chi connectivity index (χ4n) is 1.65. The normalized spacial score (nSPS) is 11.5. The second kappa shape index (κ2) is 7.94. The second-order valence-electron chi connectivity index (χ2n) is 4.36. The van der Waals surface area contributed by atoms with Gasteiger partial charge in [-0.2, -0.15) is 13.2 Å². The van der Waals surface area contributed by atoms with Crippen molar-refractivity contribution in [3.05, 3.63) is 29.6 Å². The van der Waals surface area contributed by atoms with Crippen molar-refractivity contribution in [2.75, 3.05) is 33.4 Å². The number of carbonyl (C=O) groups is 1. The van der Waals surface area contributed by atoms with Crippen molar-refractivity contribution in [3.8, 4) is 0 Å². The molecule has 21 heavy (non-hydrogen) atoms. The smallest absolute Gasteiger partial charge is 0.383 e. The number of alkyl halides is 3. The van der Waals surface area contributed by atoms with Crippen LogP contribution in [-0.4, -0.2) is 49.1 Å². The minimum atomic E-state index is -4.47. The number of rotatable bonds is 7. The summed E-state index contributed by atoms with van der Waals surface area (Å²) in [6.45, 7) is 1.48. The van der Waals surface area contributed by atoms with Gasteiger partial charge in [-0.05, 0) is 25.1 Å².